The topological polar surface area (TPSA) is 139 Å². The lowest BCUT2D eigenvalue weighted by Gasteiger charge is -2.34. The van der Waals surface area contributed by atoms with E-state index in [1.165, 1.54) is 4.68 Å². The Bertz CT molecular complexity index is 1460. The third-order valence-corrected chi connectivity index (χ3v) is 6.00. The van der Waals surface area contributed by atoms with E-state index < -0.39 is 23.6 Å². The van der Waals surface area contributed by atoms with Crippen LogP contribution in [0.15, 0.2) is 35.6 Å². The molecule has 0 aromatic carbocycles. The highest BCUT2D eigenvalue weighted by Gasteiger charge is 2.38. The van der Waals surface area contributed by atoms with Gasteiger partial charge in [0, 0.05) is 42.2 Å². The Kier molecular flexibility index (Phi) is 5.07. The maximum Gasteiger partial charge on any atom is 0.451 e. The molecule has 172 valence electrons. The highest BCUT2D eigenvalue weighted by molar-refractivity contribution is 5.80. The summed E-state index contributed by atoms with van der Waals surface area (Å²) in [7, 11) is 0. The Balaban J connectivity index is 1.57. The number of aromatic nitrogens is 8. The second kappa shape index (κ2) is 7.98. The van der Waals surface area contributed by atoms with Gasteiger partial charge >= 0.3 is 6.18 Å². The van der Waals surface area contributed by atoms with Gasteiger partial charge in [-0.3, -0.25) is 4.79 Å². The minimum absolute atomic E-state index is 0.0118. The molecular formula is C21H16F3N9O. The maximum absolute atomic E-state index is 12.9. The van der Waals surface area contributed by atoms with E-state index in [0.29, 0.717) is 17.2 Å². The molecule has 1 unspecified atom stereocenters. The van der Waals surface area contributed by atoms with E-state index in [9.17, 15) is 23.2 Å². The number of nitriles is 1. The predicted octanol–water partition coefficient (Wildman–Crippen LogP) is 2.86. The zero-order chi connectivity index (χ0) is 24.0. The smallest absolute Gasteiger partial charge is 0.310 e. The van der Waals surface area contributed by atoms with Crippen molar-refractivity contribution in [3.8, 4) is 6.07 Å². The van der Waals surface area contributed by atoms with Crippen molar-refractivity contribution >= 4 is 11.0 Å². The van der Waals surface area contributed by atoms with Gasteiger partial charge in [-0.2, -0.15) is 23.5 Å². The molecule has 4 heterocycles. The summed E-state index contributed by atoms with van der Waals surface area (Å²) < 4.78 is 39.8. The number of nitrogens with zero attached hydrogens (tertiary/aromatic N) is 8. The number of H-pyrrole nitrogens is 1. The Morgan fingerprint density at radius 3 is 2.41 bits per heavy atom. The van der Waals surface area contributed by atoms with Crippen LogP contribution in [0, 0.1) is 11.3 Å². The average Bonchev–Trinajstić information content (AvgIpc) is 3.17. The molecule has 5 rings (SSSR count). The molecule has 13 heteroatoms. The average molecular weight is 467 g/mol. The van der Waals surface area contributed by atoms with Crippen molar-refractivity contribution in [3.05, 3.63) is 69.9 Å². The number of hydrogen-bond donors (Lipinski definition) is 1. The lowest BCUT2D eigenvalue weighted by atomic mass is 9.72. The molecule has 0 spiro atoms. The van der Waals surface area contributed by atoms with Crippen molar-refractivity contribution in [2.24, 2.45) is 0 Å². The lowest BCUT2D eigenvalue weighted by Crippen LogP contribution is -2.28. The molecule has 4 aromatic rings. The minimum atomic E-state index is -4.67. The fraction of sp³-hybridized carbons (Fsp3) is 0.333. The molecule has 0 amide bonds. The second-order valence-corrected chi connectivity index (χ2v) is 7.97. The minimum Gasteiger partial charge on any atom is -0.310 e. The van der Waals surface area contributed by atoms with Crippen molar-refractivity contribution in [3.63, 3.8) is 0 Å². The van der Waals surface area contributed by atoms with Crippen LogP contribution in [0.2, 0.25) is 0 Å². The largest absolute Gasteiger partial charge is 0.451 e. The number of nitrogens with one attached hydrogen (secondary N) is 1. The van der Waals surface area contributed by atoms with E-state index in [1.54, 1.807) is 25.4 Å². The van der Waals surface area contributed by atoms with Crippen molar-refractivity contribution in [1.29, 1.82) is 5.26 Å². The highest BCUT2D eigenvalue weighted by Crippen LogP contribution is 2.46. The van der Waals surface area contributed by atoms with Crippen LogP contribution in [0.1, 0.15) is 66.4 Å². The monoisotopic (exact) mass is 467 g/mol. The fourth-order valence-corrected chi connectivity index (χ4v) is 4.07. The first kappa shape index (κ1) is 21.6. The summed E-state index contributed by atoms with van der Waals surface area (Å²) in [6.07, 6.45) is 2.32. The molecule has 1 aliphatic carbocycles. The van der Waals surface area contributed by atoms with Gasteiger partial charge in [-0.15, -0.1) is 0 Å². The van der Waals surface area contributed by atoms with Crippen LogP contribution in [-0.4, -0.2) is 39.7 Å². The molecule has 10 nitrogen and oxygen atoms in total. The van der Waals surface area contributed by atoms with Crippen LogP contribution < -0.4 is 5.56 Å². The summed E-state index contributed by atoms with van der Waals surface area (Å²) in [5.41, 5.74) is -0.183. The van der Waals surface area contributed by atoms with Crippen LogP contribution in [-0.2, 0) is 6.18 Å². The van der Waals surface area contributed by atoms with E-state index in [-0.39, 0.29) is 28.6 Å². The first-order chi connectivity index (χ1) is 16.3. The van der Waals surface area contributed by atoms with Crippen LogP contribution in [0.3, 0.4) is 0 Å². The molecular weight excluding hydrogens is 451 g/mol. The second-order valence-electron chi connectivity index (χ2n) is 7.97. The van der Waals surface area contributed by atoms with E-state index in [4.69, 9.17) is 0 Å². The molecule has 0 bridgehead atoms. The van der Waals surface area contributed by atoms with Crippen molar-refractivity contribution < 1.29 is 13.2 Å². The Labute approximate surface area is 189 Å². The SMILES string of the molecule is CC(c1cnc(C(F)(F)F)nc1)n1nc(C#N)c2c(=O)[nH]c([C@@H]3CC[C@H]3c3ncccn3)nc21. The van der Waals surface area contributed by atoms with Gasteiger partial charge < -0.3 is 4.98 Å². The van der Waals surface area contributed by atoms with Crippen LogP contribution in [0.4, 0.5) is 13.2 Å². The molecule has 0 saturated heterocycles. The Morgan fingerprint density at radius 1 is 1.15 bits per heavy atom. The normalized spacial score (nSPS) is 18.9. The maximum atomic E-state index is 12.9. The van der Waals surface area contributed by atoms with Gasteiger partial charge in [0.05, 0.1) is 6.04 Å². The fourth-order valence-electron chi connectivity index (χ4n) is 4.07. The number of fused-ring (bicyclic) bond motifs is 1. The number of alkyl halides is 3. The highest BCUT2D eigenvalue weighted by atomic mass is 19.4. The summed E-state index contributed by atoms with van der Waals surface area (Å²) in [5.74, 6) is -0.333. The van der Waals surface area contributed by atoms with Gasteiger partial charge in [-0.25, -0.2) is 29.6 Å². The van der Waals surface area contributed by atoms with Crippen molar-refractivity contribution in [1.82, 2.24) is 39.7 Å². The van der Waals surface area contributed by atoms with Crippen LogP contribution in [0.5, 0.6) is 0 Å². The predicted molar refractivity (Wildman–Crippen MR) is 110 cm³/mol. The lowest BCUT2D eigenvalue weighted by molar-refractivity contribution is -0.145. The third kappa shape index (κ3) is 3.57. The standard InChI is InChI=1S/C21H16F3N9O/c1-10(11-8-28-20(29-9-11)21(22,23)24)33-18-15(14(7-25)32-33)19(34)31-17(30-18)13-4-3-12(13)16-26-5-2-6-27-16/h2,5-6,8-10,12-13H,3-4H2,1H3,(H,30,31,34)/t10?,12-,13-/m1/s1. The summed E-state index contributed by atoms with van der Waals surface area (Å²) in [6.45, 7) is 1.64. The van der Waals surface area contributed by atoms with Crippen molar-refractivity contribution in [2.75, 3.05) is 0 Å². The van der Waals surface area contributed by atoms with E-state index >= 15 is 0 Å². The van der Waals surface area contributed by atoms with Gasteiger partial charge in [-0.1, -0.05) is 0 Å². The summed E-state index contributed by atoms with van der Waals surface area (Å²) in [6, 6.07) is 2.91. The summed E-state index contributed by atoms with van der Waals surface area (Å²) >= 11 is 0. The quantitative estimate of drug-likeness (QED) is 0.483. The van der Waals surface area contributed by atoms with Gasteiger partial charge in [0.25, 0.3) is 5.56 Å². The molecule has 1 N–H and O–H groups in total. The van der Waals surface area contributed by atoms with Crippen LogP contribution in [0.25, 0.3) is 11.0 Å². The number of hydrogen-bond acceptors (Lipinski definition) is 8. The third-order valence-electron chi connectivity index (χ3n) is 6.00. The molecule has 0 radical (unpaired) electrons. The van der Waals surface area contributed by atoms with Crippen LogP contribution >= 0.6 is 0 Å². The first-order valence-corrected chi connectivity index (χ1v) is 10.4. The van der Waals surface area contributed by atoms with Crippen molar-refractivity contribution in [2.45, 2.75) is 43.8 Å². The summed E-state index contributed by atoms with van der Waals surface area (Å²) in [4.78, 5) is 35.7. The number of halogens is 3. The molecule has 1 aliphatic rings. The zero-order valence-electron chi connectivity index (χ0n) is 17.7. The van der Waals surface area contributed by atoms with E-state index in [0.717, 1.165) is 25.2 Å². The number of aromatic amines is 1. The summed E-state index contributed by atoms with van der Waals surface area (Å²) in [5, 5.41) is 13.7. The first-order valence-electron chi connectivity index (χ1n) is 10.4. The Morgan fingerprint density at radius 2 is 1.82 bits per heavy atom. The Hall–Kier alpha value is -4.21. The molecule has 1 fully saturated rings. The van der Waals surface area contributed by atoms with Gasteiger partial charge in [0.1, 0.15) is 23.1 Å². The van der Waals surface area contributed by atoms with E-state index in [2.05, 4.69) is 35.0 Å². The molecule has 4 aromatic heterocycles. The zero-order valence-corrected chi connectivity index (χ0v) is 17.7. The van der Waals surface area contributed by atoms with Gasteiger partial charge in [-0.05, 0) is 25.8 Å². The molecule has 0 aliphatic heterocycles. The molecule has 3 atom stereocenters. The molecule has 34 heavy (non-hydrogen) atoms. The van der Waals surface area contributed by atoms with Gasteiger partial charge in [0.15, 0.2) is 11.3 Å². The van der Waals surface area contributed by atoms with E-state index in [1.807, 2.05) is 6.07 Å². The molecule has 1 saturated carbocycles. The number of rotatable bonds is 4. The van der Waals surface area contributed by atoms with Gasteiger partial charge in [0.2, 0.25) is 5.82 Å².